The van der Waals surface area contributed by atoms with E-state index in [0.29, 0.717) is 13.2 Å². The Morgan fingerprint density at radius 1 is 1.33 bits per heavy atom. The van der Waals surface area contributed by atoms with Gasteiger partial charge in [0.1, 0.15) is 6.10 Å². The van der Waals surface area contributed by atoms with Crippen LogP contribution in [0.15, 0.2) is 30.3 Å². The van der Waals surface area contributed by atoms with Crippen molar-refractivity contribution < 1.29 is 19.3 Å². The second-order valence-electron chi connectivity index (χ2n) is 4.49. The minimum absolute atomic E-state index is 0.0120. The Hall–Kier alpha value is -0.940. The molecule has 1 aliphatic rings. The summed E-state index contributed by atoms with van der Waals surface area (Å²) in [5.41, 5.74) is 1.14. The molecule has 2 rings (SSSR count). The average Bonchev–Trinajstić information content (AvgIpc) is 2.82. The second-order valence-corrected chi connectivity index (χ2v) is 4.49. The van der Waals surface area contributed by atoms with E-state index in [0.717, 1.165) is 12.0 Å². The molecule has 3 atom stereocenters. The summed E-state index contributed by atoms with van der Waals surface area (Å²) in [4.78, 5) is 0. The normalized spacial score (nSPS) is 27.6. The van der Waals surface area contributed by atoms with Crippen LogP contribution in [0.4, 0.5) is 0 Å². The molecule has 0 amide bonds. The lowest BCUT2D eigenvalue weighted by Crippen LogP contribution is -2.28. The zero-order valence-corrected chi connectivity index (χ0v) is 10.6. The van der Waals surface area contributed by atoms with Gasteiger partial charge in [0.2, 0.25) is 0 Å². The Morgan fingerprint density at radius 3 is 2.78 bits per heavy atom. The third-order valence-electron chi connectivity index (χ3n) is 3.18. The molecule has 1 saturated heterocycles. The van der Waals surface area contributed by atoms with E-state index in [2.05, 4.69) is 0 Å². The summed E-state index contributed by atoms with van der Waals surface area (Å²) in [5.74, 6) is 0. The fourth-order valence-electron chi connectivity index (χ4n) is 2.18. The van der Waals surface area contributed by atoms with Crippen molar-refractivity contribution in [1.29, 1.82) is 0 Å². The van der Waals surface area contributed by atoms with E-state index in [9.17, 15) is 0 Å². The molecule has 0 bridgehead atoms. The summed E-state index contributed by atoms with van der Waals surface area (Å²) < 4.78 is 16.6. The van der Waals surface area contributed by atoms with Gasteiger partial charge in [0.05, 0.1) is 32.0 Å². The van der Waals surface area contributed by atoms with E-state index in [-0.39, 0.29) is 24.9 Å². The van der Waals surface area contributed by atoms with Crippen molar-refractivity contribution in [3.05, 3.63) is 35.9 Å². The maximum Gasteiger partial charge on any atom is 0.107 e. The van der Waals surface area contributed by atoms with Gasteiger partial charge in [-0.3, -0.25) is 0 Å². The van der Waals surface area contributed by atoms with Gasteiger partial charge in [-0.1, -0.05) is 30.3 Å². The van der Waals surface area contributed by atoms with E-state index in [4.69, 9.17) is 19.3 Å². The van der Waals surface area contributed by atoms with Crippen LogP contribution in [0.2, 0.25) is 0 Å². The van der Waals surface area contributed by atoms with Crippen molar-refractivity contribution >= 4 is 0 Å². The lowest BCUT2D eigenvalue weighted by Gasteiger charge is -2.17. The van der Waals surface area contributed by atoms with Crippen molar-refractivity contribution in [3.63, 3.8) is 0 Å². The average molecular weight is 252 g/mol. The van der Waals surface area contributed by atoms with Gasteiger partial charge >= 0.3 is 0 Å². The third-order valence-corrected chi connectivity index (χ3v) is 3.18. The Kier molecular flexibility index (Phi) is 5.13. The van der Waals surface area contributed by atoms with Crippen molar-refractivity contribution in [1.82, 2.24) is 0 Å². The standard InChI is InChI=1S/C14H20O4/c1-16-13-7-12(8-15)18-14(13)10-17-9-11-5-3-2-4-6-11/h2-6,12-15H,7-10H2,1H3/t12?,13-,14+/m0/s1. The van der Waals surface area contributed by atoms with Crippen LogP contribution in [-0.2, 0) is 20.8 Å². The highest BCUT2D eigenvalue weighted by molar-refractivity contribution is 5.13. The monoisotopic (exact) mass is 252 g/mol. The van der Waals surface area contributed by atoms with Crippen molar-refractivity contribution in [2.45, 2.75) is 31.3 Å². The van der Waals surface area contributed by atoms with Crippen LogP contribution in [0.5, 0.6) is 0 Å². The van der Waals surface area contributed by atoms with Crippen LogP contribution in [-0.4, -0.2) is 43.7 Å². The number of ether oxygens (including phenoxy) is 3. The molecule has 4 heteroatoms. The first-order valence-electron chi connectivity index (χ1n) is 6.24. The number of aliphatic hydroxyl groups is 1. The first-order chi connectivity index (χ1) is 8.83. The minimum atomic E-state index is -0.125. The minimum Gasteiger partial charge on any atom is -0.394 e. The molecule has 1 unspecified atom stereocenters. The van der Waals surface area contributed by atoms with Crippen LogP contribution in [0.3, 0.4) is 0 Å². The number of benzene rings is 1. The van der Waals surface area contributed by atoms with E-state index < -0.39 is 0 Å². The number of rotatable bonds is 6. The first kappa shape index (κ1) is 13.5. The zero-order valence-electron chi connectivity index (χ0n) is 10.6. The first-order valence-corrected chi connectivity index (χ1v) is 6.24. The number of aliphatic hydroxyl groups excluding tert-OH is 1. The van der Waals surface area contributed by atoms with Crippen LogP contribution in [0.1, 0.15) is 12.0 Å². The fraction of sp³-hybridized carbons (Fsp3) is 0.571. The van der Waals surface area contributed by atoms with Gasteiger partial charge in [-0.2, -0.15) is 0 Å². The second kappa shape index (κ2) is 6.85. The third kappa shape index (κ3) is 3.53. The van der Waals surface area contributed by atoms with E-state index >= 15 is 0 Å². The van der Waals surface area contributed by atoms with Gasteiger partial charge in [0, 0.05) is 13.5 Å². The summed E-state index contributed by atoms with van der Waals surface area (Å²) >= 11 is 0. The molecule has 0 spiro atoms. The van der Waals surface area contributed by atoms with Gasteiger partial charge in [0.15, 0.2) is 0 Å². The van der Waals surface area contributed by atoms with E-state index in [1.165, 1.54) is 0 Å². The van der Waals surface area contributed by atoms with Gasteiger partial charge in [-0.25, -0.2) is 0 Å². The number of hydrogen-bond donors (Lipinski definition) is 1. The highest BCUT2D eigenvalue weighted by Crippen LogP contribution is 2.23. The Labute approximate surface area is 107 Å². The maximum absolute atomic E-state index is 9.08. The molecule has 4 nitrogen and oxygen atoms in total. The molecule has 18 heavy (non-hydrogen) atoms. The Bertz CT molecular complexity index is 341. The Balaban J connectivity index is 1.76. The summed E-state index contributed by atoms with van der Waals surface area (Å²) in [6.07, 6.45) is 0.529. The summed E-state index contributed by atoms with van der Waals surface area (Å²) in [6.45, 7) is 1.10. The molecular formula is C14H20O4. The summed E-state index contributed by atoms with van der Waals surface area (Å²) in [6, 6.07) is 10.0. The molecular weight excluding hydrogens is 232 g/mol. The van der Waals surface area contributed by atoms with Gasteiger partial charge in [0.25, 0.3) is 0 Å². The molecule has 1 heterocycles. The van der Waals surface area contributed by atoms with E-state index in [1.807, 2.05) is 30.3 Å². The summed E-state index contributed by atoms with van der Waals surface area (Å²) in [5, 5.41) is 9.08. The highest BCUT2D eigenvalue weighted by Gasteiger charge is 2.34. The molecule has 1 N–H and O–H groups in total. The van der Waals surface area contributed by atoms with Crippen molar-refractivity contribution in [2.75, 3.05) is 20.3 Å². The maximum atomic E-state index is 9.08. The van der Waals surface area contributed by atoms with Gasteiger partial charge < -0.3 is 19.3 Å². The SMILES string of the molecule is CO[C@H]1CC(CO)O[C@@H]1COCc1ccccc1. The highest BCUT2D eigenvalue weighted by atomic mass is 16.6. The molecule has 1 aromatic carbocycles. The molecule has 0 radical (unpaired) electrons. The predicted molar refractivity (Wildman–Crippen MR) is 67.3 cm³/mol. The quantitative estimate of drug-likeness (QED) is 0.830. The lowest BCUT2D eigenvalue weighted by molar-refractivity contribution is -0.0651. The Morgan fingerprint density at radius 2 is 2.11 bits per heavy atom. The lowest BCUT2D eigenvalue weighted by atomic mass is 10.1. The van der Waals surface area contributed by atoms with Crippen molar-refractivity contribution in [3.8, 4) is 0 Å². The topological polar surface area (TPSA) is 47.9 Å². The predicted octanol–water partition coefficient (Wildman–Crippen LogP) is 1.37. The zero-order chi connectivity index (χ0) is 12.8. The molecule has 1 aliphatic heterocycles. The molecule has 100 valence electrons. The molecule has 1 fully saturated rings. The fourth-order valence-corrected chi connectivity index (χ4v) is 2.18. The molecule has 0 aromatic heterocycles. The van der Waals surface area contributed by atoms with Crippen LogP contribution in [0, 0.1) is 0 Å². The smallest absolute Gasteiger partial charge is 0.107 e. The van der Waals surface area contributed by atoms with Crippen LogP contribution < -0.4 is 0 Å². The van der Waals surface area contributed by atoms with Crippen molar-refractivity contribution in [2.24, 2.45) is 0 Å². The van der Waals surface area contributed by atoms with Crippen LogP contribution in [0.25, 0.3) is 0 Å². The molecule has 1 aromatic rings. The summed E-state index contributed by atoms with van der Waals surface area (Å²) in [7, 11) is 1.66. The largest absolute Gasteiger partial charge is 0.394 e. The van der Waals surface area contributed by atoms with E-state index in [1.54, 1.807) is 7.11 Å². The van der Waals surface area contributed by atoms with Crippen LogP contribution >= 0.6 is 0 Å². The van der Waals surface area contributed by atoms with Gasteiger partial charge in [-0.15, -0.1) is 0 Å². The molecule has 0 aliphatic carbocycles. The number of methoxy groups -OCH3 is 1. The van der Waals surface area contributed by atoms with Gasteiger partial charge in [-0.05, 0) is 5.56 Å². The molecule has 0 saturated carbocycles. The number of hydrogen-bond acceptors (Lipinski definition) is 4.